The number of benzene rings is 1. The van der Waals surface area contributed by atoms with Gasteiger partial charge in [0, 0.05) is 0 Å². The molecule has 3 nitrogen and oxygen atoms in total. The van der Waals surface area contributed by atoms with Gasteiger partial charge in [-0.1, -0.05) is 12.1 Å². The summed E-state index contributed by atoms with van der Waals surface area (Å²) in [5.41, 5.74) is 0.773. The van der Waals surface area contributed by atoms with Crippen LogP contribution in [-0.2, 0) is 0 Å². The van der Waals surface area contributed by atoms with E-state index in [1.165, 1.54) is 0 Å². The summed E-state index contributed by atoms with van der Waals surface area (Å²) >= 11 is 3.23. The van der Waals surface area contributed by atoms with E-state index in [-0.39, 0.29) is 0 Å². The van der Waals surface area contributed by atoms with E-state index in [2.05, 4.69) is 15.9 Å². The zero-order chi connectivity index (χ0) is 12.5. The van der Waals surface area contributed by atoms with Gasteiger partial charge < -0.3 is 14.3 Å². The van der Waals surface area contributed by atoms with Crippen molar-refractivity contribution in [1.82, 2.24) is 0 Å². The van der Waals surface area contributed by atoms with Gasteiger partial charge in [0.25, 0.3) is 0 Å². The van der Waals surface area contributed by atoms with E-state index >= 15 is 0 Å². The average Bonchev–Trinajstić information content (AvgIpc) is 3.08. The number of ether oxygens (including phenoxy) is 1. The van der Waals surface area contributed by atoms with Gasteiger partial charge in [-0.3, -0.25) is 0 Å². The standard InChI is InChI=1S/C14H13BrO3/c15-13-7-6-12(18-13)14(16)9-2-1-3-11(8-9)17-10-4-5-10/h1-3,6-8,10,14,16H,4-5H2. The highest BCUT2D eigenvalue weighted by Gasteiger charge is 2.24. The van der Waals surface area contributed by atoms with Gasteiger partial charge in [0.1, 0.15) is 17.6 Å². The second kappa shape index (κ2) is 4.78. The molecule has 1 heterocycles. The molecule has 0 saturated heterocycles. The van der Waals surface area contributed by atoms with Crippen LogP contribution in [0.5, 0.6) is 5.75 Å². The van der Waals surface area contributed by atoms with Crippen molar-refractivity contribution >= 4 is 15.9 Å². The highest BCUT2D eigenvalue weighted by atomic mass is 79.9. The van der Waals surface area contributed by atoms with Crippen molar-refractivity contribution in [2.45, 2.75) is 25.0 Å². The third-order valence-electron chi connectivity index (χ3n) is 2.86. The molecule has 1 aromatic carbocycles. The number of hydrogen-bond donors (Lipinski definition) is 1. The first-order chi connectivity index (χ1) is 8.72. The Morgan fingerprint density at radius 2 is 2.11 bits per heavy atom. The maximum Gasteiger partial charge on any atom is 0.169 e. The molecular formula is C14H13BrO3. The first-order valence-electron chi connectivity index (χ1n) is 5.92. The fraction of sp³-hybridized carbons (Fsp3) is 0.286. The molecule has 18 heavy (non-hydrogen) atoms. The van der Waals surface area contributed by atoms with Crippen LogP contribution in [0.1, 0.15) is 30.3 Å². The first kappa shape index (κ1) is 11.8. The molecule has 94 valence electrons. The van der Waals surface area contributed by atoms with Crippen LogP contribution in [0.2, 0.25) is 0 Å². The molecule has 1 atom stereocenters. The highest BCUT2D eigenvalue weighted by Crippen LogP contribution is 2.31. The molecule has 4 heteroatoms. The van der Waals surface area contributed by atoms with E-state index in [0.717, 1.165) is 24.2 Å². The van der Waals surface area contributed by atoms with Gasteiger partial charge in [-0.05, 0) is 58.6 Å². The number of rotatable bonds is 4. The first-order valence-corrected chi connectivity index (χ1v) is 6.71. The summed E-state index contributed by atoms with van der Waals surface area (Å²) < 4.78 is 11.7. The lowest BCUT2D eigenvalue weighted by Crippen LogP contribution is -2.00. The Labute approximate surface area is 114 Å². The summed E-state index contributed by atoms with van der Waals surface area (Å²) in [6.07, 6.45) is 1.84. The minimum atomic E-state index is -0.765. The van der Waals surface area contributed by atoms with Crippen molar-refractivity contribution in [1.29, 1.82) is 0 Å². The molecule has 1 N–H and O–H groups in total. The van der Waals surface area contributed by atoms with Crippen molar-refractivity contribution in [3.8, 4) is 5.75 Å². The number of aliphatic hydroxyl groups is 1. The van der Waals surface area contributed by atoms with Crippen LogP contribution in [0.25, 0.3) is 0 Å². The van der Waals surface area contributed by atoms with Gasteiger partial charge in [-0.15, -0.1) is 0 Å². The van der Waals surface area contributed by atoms with Gasteiger partial charge >= 0.3 is 0 Å². The second-order valence-electron chi connectivity index (χ2n) is 4.43. The van der Waals surface area contributed by atoms with Crippen LogP contribution in [0, 0.1) is 0 Å². The third-order valence-corrected chi connectivity index (χ3v) is 3.29. The Bertz CT molecular complexity index is 545. The average molecular weight is 309 g/mol. The molecule has 1 unspecified atom stereocenters. The molecule has 2 aromatic rings. The molecule has 0 bridgehead atoms. The van der Waals surface area contributed by atoms with Crippen LogP contribution >= 0.6 is 15.9 Å². The summed E-state index contributed by atoms with van der Waals surface area (Å²) in [7, 11) is 0. The fourth-order valence-electron chi connectivity index (χ4n) is 1.78. The van der Waals surface area contributed by atoms with Crippen molar-refractivity contribution in [3.63, 3.8) is 0 Å². The zero-order valence-corrected chi connectivity index (χ0v) is 11.3. The van der Waals surface area contributed by atoms with E-state index < -0.39 is 6.10 Å². The lowest BCUT2D eigenvalue weighted by Gasteiger charge is -2.10. The highest BCUT2D eigenvalue weighted by molar-refractivity contribution is 9.10. The SMILES string of the molecule is OC(c1cccc(OC2CC2)c1)c1ccc(Br)o1. The molecule has 3 rings (SSSR count). The Morgan fingerprint density at radius 1 is 1.28 bits per heavy atom. The summed E-state index contributed by atoms with van der Waals surface area (Å²) in [5.74, 6) is 1.32. The van der Waals surface area contributed by atoms with Gasteiger partial charge in [0.15, 0.2) is 4.67 Å². The minimum Gasteiger partial charge on any atom is -0.490 e. The topological polar surface area (TPSA) is 42.6 Å². The molecular weight excluding hydrogens is 296 g/mol. The van der Waals surface area contributed by atoms with Crippen LogP contribution in [0.3, 0.4) is 0 Å². The Balaban J connectivity index is 1.81. The maximum atomic E-state index is 10.2. The minimum absolute atomic E-state index is 0.357. The Hall–Kier alpha value is -1.26. The van der Waals surface area contributed by atoms with E-state index in [9.17, 15) is 5.11 Å². The van der Waals surface area contributed by atoms with Gasteiger partial charge in [-0.25, -0.2) is 0 Å². The van der Waals surface area contributed by atoms with Crippen LogP contribution in [0.4, 0.5) is 0 Å². The Morgan fingerprint density at radius 3 is 2.78 bits per heavy atom. The third kappa shape index (κ3) is 2.60. The molecule has 0 aliphatic heterocycles. The van der Waals surface area contributed by atoms with Crippen molar-refractivity contribution in [2.24, 2.45) is 0 Å². The van der Waals surface area contributed by atoms with Gasteiger partial charge in [-0.2, -0.15) is 0 Å². The maximum absolute atomic E-state index is 10.2. The molecule has 0 amide bonds. The molecule has 0 spiro atoms. The molecule has 1 saturated carbocycles. The number of furan rings is 1. The van der Waals surface area contributed by atoms with Crippen molar-refractivity contribution in [2.75, 3.05) is 0 Å². The lowest BCUT2D eigenvalue weighted by molar-refractivity contribution is 0.187. The summed E-state index contributed by atoms with van der Waals surface area (Å²) in [5, 5.41) is 10.2. The van der Waals surface area contributed by atoms with E-state index in [4.69, 9.17) is 9.15 Å². The Kier molecular flexibility index (Phi) is 3.14. The molecule has 1 aliphatic carbocycles. The zero-order valence-electron chi connectivity index (χ0n) is 9.67. The van der Waals surface area contributed by atoms with Crippen LogP contribution < -0.4 is 4.74 Å². The predicted octanol–water partition coefficient (Wildman–Crippen LogP) is 3.67. The summed E-state index contributed by atoms with van der Waals surface area (Å²) in [6.45, 7) is 0. The normalized spacial score (nSPS) is 16.6. The van der Waals surface area contributed by atoms with E-state index in [0.29, 0.717) is 16.5 Å². The smallest absolute Gasteiger partial charge is 0.169 e. The molecule has 1 aromatic heterocycles. The molecule has 1 fully saturated rings. The van der Waals surface area contributed by atoms with Crippen LogP contribution in [-0.4, -0.2) is 11.2 Å². The predicted molar refractivity (Wildman–Crippen MR) is 70.6 cm³/mol. The lowest BCUT2D eigenvalue weighted by atomic mass is 10.1. The van der Waals surface area contributed by atoms with Crippen LogP contribution in [0.15, 0.2) is 45.5 Å². The summed E-state index contributed by atoms with van der Waals surface area (Å²) in [4.78, 5) is 0. The molecule has 1 aliphatic rings. The monoisotopic (exact) mass is 308 g/mol. The number of aliphatic hydroxyl groups excluding tert-OH is 1. The number of halogens is 1. The van der Waals surface area contributed by atoms with Gasteiger partial charge in [0.05, 0.1) is 6.10 Å². The fourth-order valence-corrected chi connectivity index (χ4v) is 2.09. The summed E-state index contributed by atoms with van der Waals surface area (Å²) in [6, 6.07) is 11.0. The van der Waals surface area contributed by atoms with E-state index in [1.54, 1.807) is 12.1 Å². The van der Waals surface area contributed by atoms with E-state index in [1.807, 2.05) is 24.3 Å². The van der Waals surface area contributed by atoms with Crippen molar-refractivity contribution < 1.29 is 14.3 Å². The van der Waals surface area contributed by atoms with Gasteiger partial charge in [0.2, 0.25) is 0 Å². The quantitative estimate of drug-likeness (QED) is 0.937. The second-order valence-corrected chi connectivity index (χ2v) is 5.22. The molecule has 0 radical (unpaired) electrons. The largest absolute Gasteiger partial charge is 0.490 e. The number of hydrogen-bond acceptors (Lipinski definition) is 3. The van der Waals surface area contributed by atoms with Crippen molar-refractivity contribution in [3.05, 3.63) is 52.4 Å².